The van der Waals surface area contributed by atoms with Crippen molar-refractivity contribution in [3.05, 3.63) is 24.4 Å². The van der Waals surface area contributed by atoms with Gasteiger partial charge in [-0.1, -0.05) is 6.08 Å². The molecule has 0 aliphatic carbocycles. The largest absolute Gasteiger partial charge is 0.391 e. The maximum Gasteiger partial charge on any atom is 0.0392 e. The number of likely N-dealkylation sites (tertiary alicyclic amines) is 1. The average molecular weight is 302 g/mol. The number of hydrogen-bond acceptors (Lipinski definition) is 4. The topological polar surface area (TPSA) is 39.7 Å². The van der Waals surface area contributed by atoms with Crippen LogP contribution < -0.4 is 10.6 Å². The zero-order valence-corrected chi connectivity index (χ0v) is 13.6. The first-order valence-corrected chi connectivity index (χ1v) is 8.84. The van der Waals surface area contributed by atoms with Crippen LogP contribution >= 0.6 is 0 Å². The van der Waals surface area contributed by atoms with Crippen molar-refractivity contribution in [2.75, 3.05) is 45.8 Å². The molecule has 3 rings (SSSR count). The summed E-state index contributed by atoms with van der Waals surface area (Å²) < 4.78 is 0. The van der Waals surface area contributed by atoms with E-state index in [0.717, 1.165) is 19.0 Å². The number of hydrogen-bond donors (Lipinski definition) is 2. The minimum atomic E-state index is 0.659. The van der Waals surface area contributed by atoms with Gasteiger partial charge < -0.3 is 15.5 Å². The van der Waals surface area contributed by atoms with Gasteiger partial charge in [0.2, 0.25) is 0 Å². The molecule has 22 heavy (non-hydrogen) atoms. The number of rotatable bonds is 2. The van der Waals surface area contributed by atoms with Gasteiger partial charge in [-0.05, 0) is 68.5 Å². The molecule has 0 amide bonds. The van der Waals surface area contributed by atoms with Crippen molar-refractivity contribution in [2.24, 2.45) is 16.3 Å². The zero-order chi connectivity index (χ0) is 15.1. The molecule has 1 atom stereocenters. The molecular weight excluding hydrogens is 272 g/mol. The normalized spacial score (nSPS) is 32.3. The molecule has 4 heteroatoms. The van der Waals surface area contributed by atoms with E-state index in [0.29, 0.717) is 5.41 Å². The van der Waals surface area contributed by atoms with E-state index in [9.17, 15) is 0 Å². The molecule has 3 heterocycles. The third-order valence-corrected chi connectivity index (χ3v) is 5.42. The molecule has 1 unspecified atom stereocenters. The van der Waals surface area contributed by atoms with Crippen LogP contribution in [0.1, 0.15) is 25.7 Å². The maximum absolute atomic E-state index is 4.50. The Bertz CT molecular complexity index is 413. The summed E-state index contributed by atoms with van der Waals surface area (Å²) >= 11 is 0. The summed E-state index contributed by atoms with van der Waals surface area (Å²) in [6.45, 7) is 8.36. The first-order valence-electron chi connectivity index (χ1n) is 8.84. The molecule has 1 spiro atoms. The van der Waals surface area contributed by atoms with Gasteiger partial charge in [0, 0.05) is 38.9 Å². The lowest BCUT2D eigenvalue weighted by molar-refractivity contribution is 0.0471. The lowest BCUT2D eigenvalue weighted by Crippen LogP contribution is -2.58. The summed E-state index contributed by atoms with van der Waals surface area (Å²) in [5.41, 5.74) is 0.659. The Kier molecular flexibility index (Phi) is 5.68. The minimum absolute atomic E-state index is 0.659. The lowest BCUT2D eigenvalue weighted by atomic mass is 9.73. The quantitative estimate of drug-likeness (QED) is 0.817. The van der Waals surface area contributed by atoms with Gasteiger partial charge in [-0.2, -0.15) is 0 Å². The number of nitrogens with zero attached hydrogens (tertiary/aromatic N) is 2. The second-order valence-electron chi connectivity index (χ2n) is 7.10. The predicted octanol–water partition coefficient (Wildman–Crippen LogP) is 1.81. The maximum atomic E-state index is 4.50. The van der Waals surface area contributed by atoms with Gasteiger partial charge in [-0.3, -0.25) is 4.99 Å². The molecule has 0 aromatic heterocycles. The highest BCUT2D eigenvalue weighted by atomic mass is 15.1. The van der Waals surface area contributed by atoms with Gasteiger partial charge in [-0.15, -0.1) is 0 Å². The summed E-state index contributed by atoms with van der Waals surface area (Å²) in [4.78, 5) is 7.19. The number of nitrogens with one attached hydrogen (secondary N) is 2. The van der Waals surface area contributed by atoms with Crippen molar-refractivity contribution >= 4 is 6.21 Å². The Morgan fingerprint density at radius 2 is 1.95 bits per heavy atom. The average Bonchev–Trinajstić information content (AvgIpc) is 2.49. The van der Waals surface area contributed by atoms with Crippen molar-refractivity contribution in [2.45, 2.75) is 25.7 Å². The summed E-state index contributed by atoms with van der Waals surface area (Å²) in [6.07, 6.45) is 15.3. The predicted molar refractivity (Wildman–Crippen MR) is 93.3 cm³/mol. The van der Waals surface area contributed by atoms with E-state index >= 15 is 0 Å². The van der Waals surface area contributed by atoms with E-state index in [1.807, 2.05) is 30.6 Å². The standard InChI is InChI=1S/C18H30N4/c1-2-8-19-10-4-17(5-11-20-9-3-1)14-22-12-6-18(7-13-22)15-21-16-18/h1-3,8-9,17,19,21H,4-7,10-16H2/b3-1-,8-2+,20-9?. The van der Waals surface area contributed by atoms with Crippen LogP contribution in [0.15, 0.2) is 29.4 Å². The third-order valence-electron chi connectivity index (χ3n) is 5.42. The fourth-order valence-corrected chi connectivity index (χ4v) is 3.73. The fourth-order valence-electron chi connectivity index (χ4n) is 3.73. The summed E-state index contributed by atoms with van der Waals surface area (Å²) in [5.74, 6) is 0.759. The van der Waals surface area contributed by atoms with Crippen LogP contribution in [0, 0.1) is 11.3 Å². The van der Waals surface area contributed by atoms with Gasteiger partial charge in [0.25, 0.3) is 0 Å². The monoisotopic (exact) mass is 302 g/mol. The highest BCUT2D eigenvalue weighted by Gasteiger charge is 2.39. The van der Waals surface area contributed by atoms with E-state index in [1.54, 1.807) is 0 Å². The SMILES string of the molecule is C1=NCCC(CN2CCC3(CC2)CNC3)CCN/C=C/C=C\1. The highest BCUT2D eigenvalue weighted by molar-refractivity contribution is 5.71. The van der Waals surface area contributed by atoms with Gasteiger partial charge >= 0.3 is 0 Å². The van der Waals surface area contributed by atoms with Gasteiger partial charge in [-0.25, -0.2) is 0 Å². The third kappa shape index (κ3) is 4.43. The Morgan fingerprint density at radius 1 is 1.09 bits per heavy atom. The molecule has 2 N–H and O–H groups in total. The fraction of sp³-hybridized carbons (Fsp3) is 0.722. The van der Waals surface area contributed by atoms with E-state index in [4.69, 9.17) is 0 Å². The Balaban J connectivity index is 1.46. The Morgan fingerprint density at radius 3 is 2.73 bits per heavy atom. The van der Waals surface area contributed by atoms with Crippen molar-refractivity contribution in [3.8, 4) is 0 Å². The minimum Gasteiger partial charge on any atom is -0.391 e. The van der Waals surface area contributed by atoms with E-state index in [-0.39, 0.29) is 0 Å². The zero-order valence-electron chi connectivity index (χ0n) is 13.6. The molecule has 3 aliphatic rings. The van der Waals surface area contributed by atoms with Crippen molar-refractivity contribution < 1.29 is 0 Å². The van der Waals surface area contributed by atoms with Crippen LogP contribution in [0.3, 0.4) is 0 Å². The molecule has 0 aromatic carbocycles. The molecule has 122 valence electrons. The van der Waals surface area contributed by atoms with Crippen LogP contribution in [0.4, 0.5) is 0 Å². The first kappa shape index (κ1) is 15.8. The van der Waals surface area contributed by atoms with Crippen molar-refractivity contribution in [1.82, 2.24) is 15.5 Å². The van der Waals surface area contributed by atoms with Crippen LogP contribution in [-0.2, 0) is 0 Å². The molecule has 3 aliphatic heterocycles. The molecule has 0 bridgehead atoms. The number of aliphatic imine (C=N–C) groups is 1. The molecule has 0 aromatic rings. The summed E-state index contributed by atoms with van der Waals surface area (Å²) in [5, 5.41) is 6.85. The molecule has 2 saturated heterocycles. The highest BCUT2D eigenvalue weighted by Crippen LogP contribution is 2.35. The summed E-state index contributed by atoms with van der Waals surface area (Å²) in [7, 11) is 0. The second-order valence-corrected chi connectivity index (χ2v) is 7.10. The summed E-state index contributed by atoms with van der Waals surface area (Å²) in [6, 6.07) is 0. The second kappa shape index (κ2) is 7.93. The van der Waals surface area contributed by atoms with Crippen LogP contribution in [0.25, 0.3) is 0 Å². The van der Waals surface area contributed by atoms with Crippen LogP contribution in [0.2, 0.25) is 0 Å². The molecule has 0 saturated carbocycles. The Hall–Kier alpha value is -1.13. The van der Waals surface area contributed by atoms with E-state index < -0.39 is 0 Å². The van der Waals surface area contributed by atoms with Gasteiger partial charge in [0.15, 0.2) is 0 Å². The van der Waals surface area contributed by atoms with E-state index in [2.05, 4.69) is 20.5 Å². The van der Waals surface area contributed by atoms with Crippen LogP contribution in [-0.4, -0.2) is 56.9 Å². The lowest BCUT2D eigenvalue weighted by Gasteiger charge is -2.48. The number of allylic oxidation sites excluding steroid dienone is 3. The Labute approximate surface area is 134 Å². The molecule has 4 nitrogen and oxygen atoms in total. The van der Waals surface area contributed by atoms with Crippen LogP contribution in [0.5, 0.6) is 0 Å². The van der Waals surface area contributed by atoms with Crippen molar-refractivity contribution in [1.29, 1.82) is 0 Å². The smallest absolute Gasteiger partial charge is 0.0392 e. The van der Waals surface area contributed by atoms with E-state index in [1.165, 1.54) is 58.4 Å². The van der Waals surface area contributed by atoms with Crippen molar-refractivity contribution in [3.63, 3.8) is 0 Å². The van der Waals surface area contributed by atoms with Gasteiger partial charge in [0.05, 0.1) is 0 Å². The molecule has 0 radical (unpaired) electrons. The molecular formula is C18H30N4. The molecule has 2 fully saturated rings. The number of piperidine rings is 1. The van der Waals surface area contributed by atoms with Gasteiger partial charge in [0.1, 0.15) is 0 Å². The first-order chi connectivity index (χ1) is 10.9.